The molecule has 0 saturated heterocycles. The fraction of sp³-hybridized carbons (Fsp3) is 1.00. The topological polar surface area (TPSA) is 27.7 Å². The minimum atomic E-state index is -1.18. The van der Waals surface area contributed by atoms with Crippen LogP contribution in [0, 0.1) is 0 Å². The molecule has 14 heavy (non-hydrogen) atoms. The van der Waals surface area contributed by atoms with Gasteiger partial charge in [0.25, 0.3) is 0 Å². The molecule has 0 saturated carbocycles. The second kappa shape index (κ2) is 9.22. The first-order chi connectivity index (χ1) is 5.91. The van der Waals surface area contributed by atoms with E-state index in [0.29, 0.717) is 0 Å². The van der Waals surface area contributed by atoms with Crippen molar-refractivity contribution >= 4 is 8.60 Å². The minimum Gasteiger partial charge on any atom is -0.309 e. The van der Waals surface area contributed by atoms with E-state index in [0.717, 1.165) is 0 Å². The molecule has 0 spiro atoms. The van der Waals surface area contributed by atoms with Gasteiger partial charge in [0.2, 0.25) is 0 Å². The molecule has 0 aromatic carbocycles. The van der Waals surface area contributed by atoms with Crippen LogP contribution < -0.4 is 0 Å². The van der Waals surface area contributed by atoms with Gasteiger partial charge in [-0.15, -0.1) is 0 Å². The van der Waals surface area contributed by atoms with Crippen molar-refractivity contribution in [1.29, 1.82) is 0 Å². The van der Waals surface area contributed by atoms with E-state index < -0.39 is 8.60 Å². The Kier molecular flexibility index (Phi) is 11.4. The van der Waals surface area contributed by atoms with Gasteiger partial charge in [0.05, 0.1) is 18.3 Å². The van der Waals surface area contributed by atoms with Crippen molar-refractivity contribution in [2.75, 3.05) is 0 Å². The van der Waals surface area contributed by atoms with E-state index >= 15 is 0 Å². The standard InChI is InChI=1S/C9H21O3P.Pd/c1-7(2)10-13(11-8(3)4)12-9(5)6;/h7-9H,1-6H3;. The molecule has 5 heteroatoms. The van der Waals surface area contributed by atoms with Crippen LogP contribution in [0.3, 0.4) is 0 Å². The Hall–Kier alpha value is 0.972. The third kappa shape index (κ3) is 11.0. The van der Waals surface area contributed by atoms with Crippen LogP contribution in [0.15, 0.2) is 0 Å². The second-order valence-corrected chi connectivity index (χ2v) is 4.77. The predicted molar refractivity (Wildman–Crippen MR) is 55.6 cm³/mol. The largest absolute Gasteiger partial charge is 0.333 e. The zero-order chi connectivity index (χ0) is 10.4. The van der Waals surface area contributed by atoms with E-state index in [4.69, 9.17) is 13.6 Å². The summed E-state index contributed by atoms with van der Waals surface area (Å²) in [5, 5.41) is 0. The Bertz CT molecular complexity index is 107. The van der Waals surface area contributed by atoms with Crippen molar-refractivity contribution in [3.63, 3.8) is 0 Å². The first kappa shape index (κ1) is 17.4. The second-order valence-electron chi connectivity index (χ2n) is 3.69. The van der Waals surface area contributed by atoms with Gasteiger partial charge in [0.15, 0.2) is 0 Å². The van der Waals surface area contributed by atoms with Crippen molar-refractivity contribution in [2.45, 2.75) is 59.9 Å². The third-order valence-electron chi connectivity index (χ3n) is 0.891. The van der Waals surface area contributed by atoms with E-state index in [9.17, 15) is 0 Å². The predicted octanol–water partition coefficient (Wildman–Crippen LogP) is 3.49. The van der Waals surface area contributed by atoms with Gasteiger partial charge >= 0.3 is 8.60 Å². The molecular formula is C9H21O3PPd. The van der Waals surface area contributed by atoms with Gasteiger partial charge in [-0.3, -0.25) is 0 Å². The van der Waals surface area contributed by atoms with Crippen LogP contribution in [0.5, 0.6) is 0 Å². The molecule has 0 aliphatic carbocycles. The number of rotatable bonds is 6. The summed E-state index contributed by atoms with van der Waals surface area (Å²) in [4.78, 5) is 0. The molecule has 0 atom stereocenters. The summed E-state index contributed by atoms with van der Waals surface area (Å²) in [5.41, 5.74) is 0. The van der Waals surface area contributed by atoms with Gasteiger partial charge in [0.1, 0.15) is 0 Å². The molecule has 0 aliphatic heterocycles. The Labute approximate surface area is 103 Å². The summed E-state index contributed by atoms with van der Waals surface area (Å²) < 4.78 is 16.5. The van der Waals surface area contributed by atoms with E-state index in [2.05, 4.69) is 0 Å². The summed E-state index contributed by atoms with van der Waals surface area (Å²) in [6.45, 7) is 11.8. The van der Waals surface area contributed by atoms with Crippen molar-refractivity contribution in [1.82, 2.24) is 0 Å². The van der Waals surface area contributed by atoms with Crippen LogP contribution >= 0.6 is 8.60 Å². The smallest absolute Gasteiger partial charge is 0.309 e. The first-order valence-corrected chi connectivity index (χ1v) is 5.81. The van der Waals surface area contributed by atoms with E-state index in [1.165, 1.54) is 0 Å². The molecule has 0 rings (SSSR count). The maximum Gasteiger partial charge on any atom is 0.333 e. The molecule has 0 amide bonds. The van der Waals surface area contributed by atoms with Crippen LogP contribution in [0.2, 0.25) is 0 Å². The monoisotopic (exact) mass is 314 g/mol. The van der Waals surface area contributed by atoms with Gasteiger partial charge in [-0.2, -0.15) is 0 Å². The van der Waals surface area contributed by atoms with E-state index in [1.54, 1.807) is 0 Å². The fourth-order valence-electron chi connectivity index (χ4n) is 0.591. The van der Waals surface area contributed by atoms with Crippen molar-refractivity contribution < 1.29 is 34.0 Å². The van der Waals surface area contributed by atoms with Crippen LogP contribution in [-0.2, 0) is 34.0 Å². The van der Waals surface area contributed by atoms with Crippen molar-refractivity contribution in [3.05, 3.63) is 0 Å². The molecule has 0 heterocycles. The average Bonchev–Trinajstić information content (AvgIpc) is 1.80. The van der Waals surface area contributed by atoms with E-state index in [1.807, 2.05) is 41.5 Å². The van der Waals surface area contributed by atoms with Crippen LogP contribution in [0.4, 0.5) is 0 Å². The zero-order valence-electron chi connectivity index (χ0n) is 9.72. The van der Waals surface area contributed by atoms with Crippen LogP contribution in [0.25, 0.3) is 0 Å². The molecule has 0 aliphatic rings. The molecule has 0 fully saturated rings. The molecule has 90 valence electrons. The number of hydrogen-bond donors (Lipinski definition) is 0. The summed E-state index contributed by atoms with van der Waals surface area (Å²) in [7, 11) is -1.18. The Balaban J connectivity index is 0. The van der Waals surface area contributed by atoms with Gasteiger partial charge < -0.3 is 13.6 Å². The minimum absolute atomic E-state index is 0. The van der Waals surface area contributed by atoms with Crippen LogP contribution in [-0.4, -0.2) is 18.3 Å². The van der Waals surface area contributed by atoms with E-state index in [-0.39, 0.29) is 38.7 Å². The molecule has 0 unspecified atom stereocenters. The van der Waals surface area contributed by atoms with Crippen LogP contribution in [0.1, 0.15) is 41.5 Å². The molecule has 0 N–H and O–H groups in total. The SMILES string of the molecule is CC(C)OP(OC(C)C)OC(C)C.[Pd]. The summed E-state index contributed by atoms with van der Waals surface area (Å²) in [5.74, 6) is 0. The molecular weight excluding hydrogens is 293 g/mol. The summed E-state index contributed by atoms with van der Waals surface area (Å²) in [6.07, 6.45) is 0.427. The summed E-state index contributed by atoms with van der Waals surface area (Å²) >= 11 is 0. The van der Waals surface area contributed by atoms with Crippen molar-refractivity contribution in [2.24, 2.45) is 0 Å². The quantitative estimate of drug-likeness (QED) is 0.555. The third-order valence-corrected chi connectivity index (χ3v) is 2.67. The fourth-order valence-corrected chi connectivity index (χ4v) is 1.77. The molecule has 0 bridgehead atoms. The van der Waals surface area contributed by atoms with Crippen molar-refractivity contribution in [3.8, 4) is 0 Å². The normalized spacial score (nSPS) is 11.6. The van der Waals surface area contributed by atoms with Gasteiger partial charge in [-0.05, 0) is 41.5 Å². The maximum absolute atomic E-state index is 5.49. The van der Waals surface area contributed by atoms with Gasteiger partial charge in [-0.25, -0.2) is 0 Å². The molecule has 0 aromatic rings. The van der Waals surface area contributed by atoms with Gasteiger partial charge in [0, 0.05) is 20.4 Å². The number of hydrogen-bond acceptors (Lipinski definition) is 3. The Morgan fingerprint density at radius 2 is 0.857 bits per heavy atom. The average molecular weight is 315 g/mol. The Morgan fingerprint density at radius 1 is 0.643 bits per heavy atom. The molecule has 0 radical (unpaired) electrons. The molecule has 3 nitrogen and oxygen atoms in total. The Morgan fingerprint density at radius 3 is 1.00 bits per heavy atom. The maximum atomic E-state index is 5.49. The molecule has 0 aromatic heterocycles. The first-order valence-electron chi connectivity index (χ1n) is 4.72. The summed E-state index contributed by atoms with van der Waals surface area (Å²) in [6, 6.07) is 0. The van der Waals surface area contributed by atoms with Gasteiger partial charge in [-0.1, -0.05) is 0 Å². The zero-order valence-corrected chi connectivity index (χ0v) is 12.2.